The second kappa shape index (κ2) is 7.68. The number of hydrogen-bond acceptors (Lipinski definition) is 5. The summed E-state index contributed by atoms with van der Waals surface area (Å²) >= 11 is 0. The molecule has 1 N–H and O–H groups in total. The highest BCUT2D eigenvalue weighted by molar-refractivity contribution is 5.68. The van der Waals surface area contributed by atoms with Crippen molar-refractivity contribution in [2.24, 2.45) is 0 Å². The molecular weight excluding hydrogens is 238 g/mol. The predicted octanol–water partition coefficient (Wildman–Crippen LogP) is 0.215. The Bertz CT molecular complexity index is 253. The molecule has 1 fully saturated rings. The molecule has 6 heteroatoms. The third kappa shape index (κ3) is 5.77. The van der Waals surface area contributed by atoms with E-state index < -0.39 is 5.97 Å². The molecule has 0 aromatic rings. The number of aliphatic carboxylic acids is 1. The summed E-state index contributed by atoms with van der Waals surface area (Å²) in [6.45, 7) is 6.24. The van der Waals surface area contributed by atoms with Gasteiger partial charge in [0.05, 0.1) is 12.2 Å². The summed E-state index contributed by atoms with van der Waals surface area (Å²) in [6, 6.07) is 0. The van der Waals surface area contributed by atoms with Crippen LogP contribution in [0.15, 0.2) is 0 Å². The maximum Gasteiger partial charge on any atom is 0.329 e. The Morgan fingerprint density at radius 1 is 1.33 bits per heavy atom. The maximum atomic E-state index is 10.4. The number of carboxylic acids is 1. The minimum atomic E-state index is -0.920. The van der Waals surface area contributed by atoms with Crippen LogP contribution in [-0.4, -0.2) is 74.7 Å². The zero-order chi connectivity index (χ0) is 13.4. The first-order valence-corrected chi connectivity index (χ1v) is 6.20. The van der Waals surface area contributed by atoms with Crippen molar-refractivity contribution in [3.05, 3.63) is 0 Å². The second-order valence-corrected chi connectivity index (χ2v) is 4.80. The first kappa shape index (κ1) is 15.4. The molecule has 0 aromatic carbocycles. The van der Waals surface area contributed by atoms with Crippen LogP contribution in [0.25, 0.3) is 0 Å². The zero-order valence-electron chi connectivity index (χ0n) is 11.2. The van der Waals surface area contributed by atoms with Crippen molar-refractivity contribution in [3.8, 4) is 0 Å². The molecule has 0 atom stereocenters. The van der Waals surface area contributed by atoms with Gasteiger partial charge in [-0.05, 0) is 13.3 Å². The van der Waals surface area contributed by atoms with E-state index in [0.29, 0.717) is 13.2 Å². The first-order chi connectivity index (χ1) is 8.56. The fraction of sp³-hybridized carbons (Fsp3) is 0.917. The van der Waals surface area contributed by atoms with Gasteiger partial charge in [0.15, 0.2) is 0 Å². The molecule has 1 heterocycles. The van der Waals surface area contributed by atoms with Gasteiger partial charge in [-0.2, -0.15) is 0 Å². The number of carboxylic acid groups (broad SMARTS) is 1. The van der Waals surface area contributed by atoms with Gasteiger partial charge < -0.3 is 19.3 Å². The normalized spacial score (nSPS) is 18.6. The SMILES string of the molecule is COCCCOCCN1CC(C)(OCC(=O)O)C1. The van der Waals surface area contributed by atoms with Crippen LogP contribution in [0.2, 0.25) is 0 Å². The Labute approximate surface area is 108 Å². The van der Waals surface area contributed by atoms with Gasteiger partial charge in [0, 0.05) is 40.0 Å². The van der Waals surface area contributed by atoms with Crippen molar-refractivity contribution in [3.63, 3.8) is 0 Å². The van der Waals surface area contributed by atoms with Crippen LogP contribution in [0.5, 0.6) is 0 Å². The molecule has 6 nitrogen and oxygen atoms in total. The van der Waals surface area contributed by atoms with Gasteiger partial charge in [-0.1, -0.05) is 0 Å². The van der Waals surface area contributed by atoms with Crippen LogP contribution in [0.4, 0.5) is 0 Å². The monoisotopic (exact) mass is 261 g/mol. The molecule has 0 unspecified atom stereocenters. The largest absolute Gasteiger partial charge is 0.480 e. The lowest BCUT2D eigenvalue weighted by Crippen LogP contribution is -2.62. The second-order valence-electron chi connectivity index (χ2n) is 4.80. The van der Waals surface area contributed by atoms with Crippen molar-refractivity contribution in [2.75, 3.05) is 53.2 Å². The molecule has 0 aliphatic carbocycles. The average molecular weight is 261 g/mol. The lowest BCUT2D eigenvalue weighted by atomic mass is 9.96. The van der Waals surface area contributed by atoms with Gasteiger partial charge in [0.2, 0.25) is 0 Å². The summed E-state index contributed by atoms with van der Waals surface area (Å²) in [5.41, 5.74) is -0.311. The Balaban J connectivity index is 1.96. The molecule has 1 aliphatic rings. The molecule has 1 rings (SSSR count). The molecule has 0 saturated carbocycles. The Hall–Kier alpha value is -0.690. The van der Waals surface area contributed by atoms with Crippen LogP contribution in [-0.2, 0) is 19.0 Å². The number of nitrogens with zero attached hydrogens (tertiary/aromatic N) is 1. The predicted molar refractivity (Wildman–Crippen MR) is 65.7 cm³/mol. The summed E-state index contributed by atoms with van der Waals surface area (Å²) in [5, 5.41) is 8.54. The van der Waals surface area contributed by atoms with E-state index in [1.54, 1.807) is 7.11 Å². The van der Waals surface area contributed by atoms with Crippen molar-refractivity contribution in [2.45, 2.75) is 18.9 Å². The number of ether oxygens (including phenoxy) is 3. The summed E-state index contributed by atoms with van der Waals surface area (Å²) in [7, 11) is 1.68. The van der Waals surface area contributed by atoms with Crippen molar-refractivity contribution in [1.29, 1.82) is 0 Å². The molecule has 106 valence electrons. The van der Waals surface area contributed by atoms with E-state index >= 15 is 0 Å². The van der Waals surface area contributed by atoms with Gasteiger partial charge >= 0.3 is 5.97 Å². The molecule has 18 heavy (non-hydrogen) atoms. The summed E-state index contributed by atoms with van der Waals surface area (Å²) in [6.07, 6.45) is 0.913. The van der Waals surface area contributed by atoms with E-state index in [0.717, 1.165) is 32.7 Å². The Morgan fingerprint density at radius 3 is 2.67 bits per heavy atom. The van der Waals surface area contributed by atoms with Crippen LogP contribution >= 0.6 is 0 Å². The molecule has 0 bridgehead atoms. The zero-order valence-corrected chi connectivity index (χ0v) is 11.2. The lowest BCUT2D eigenvalue weighted by Gasteiger charge is -2.47. The number of likely N-dealkylation sites (tertiary alicyclic amines) is 1. The highest BCUT2D eigenvalue weighted by Gasteiger charge is 2.39. The van der Waals surface area contributed by atoms with Gasteiger partial charge in [-0.25, -0.2) is 4.79 Å². The summed E-state index contributed by atoms with van der Waals surface area (Å²) < 4.78 is 15.7. The van der Waals surface area contributed by atoms with Crippen molar-refractivity contribution in [1.82, 2.24) is 4.90 Å². The van der Waals surface area contributed by atoms with Gasteiger partial charge in [-0.15, -0.1) is 0 Å². The third-order valence-corrected chi connectivity index (χ3v) is 2.85. The molecule has 0 radical (unpaired) electrons. The smallest absolute Gasteiger partial charge is 0.329 e. The number of methoxy groups -OCH3 is 1. The van der Waals surface area contributed by atoms with Gasteiger partial charge in [-0.3, -0.25) is 4.90 Å². The molecular formula is C12H23NO5. The topological polar surface area (TPSA) is 68.2 Å². The first-order valence-electron chi connectivity index (χ1n) is 6.20. The van der Waals surface area contributed by atoms with E-state index in [1.807, 2.05) is 6.92 Å². The Kier molecular flexibility index (Phi) is 6.56. The fourth-order valence-electron chi connectivity index (χ4n) is 1.99. The fourth-order valence-corrected chi connectivity index (χ4v) is 1.99. The van der Waals surface area contributed by atoms with Crippen LogP contribution in [0.1, 0.15) is 13.3 Å². The van der Waals surface area contributed by atoms with E-state index in [9.17, 15) is 4.79 Å². The highest BCUT2D eigenvalue weighted by Crippen LogP contribution is 2.23. The molecule has 1 saturated heterocycles. The Morgan fingerprint density at radius 2 is 2.06 bits per heavy atom. The number of rotatable bonds is 10. The molecule has 0 amide bonds. The molecule has 0 aromatic heterocycles. The van der Waals surface area contributed by atoms with Crippen LogP contribution < -0.4 is 0 Å². The van der Waals surface area contributed by atoms with E-state index in [-0.39, 0.29) is 12.2 Å². The van der Waals surface area contributed by atoms with Crippen LogP contribution in [0, 0.1) is 0 Å². The van der Waals surface area contributed by atoms with Crippen molar-refractivity contribution < 1.29 is 24.1 Å². The maximum absolute atomic E-state index is 10.4. The average Bonchev–Trinajstić information content (AvgIpc) is 2.28. The van der Waals surface area contributed by atoms with E-state index in [4.69, 9.17) is 19.3 Å². The standard InChI is InChI=1S/C12H23NO5/c1-12(18-8-11(14)15)9-13(10-12)4-7-17-6-3-5-16-2/h3-10H2,1-2H3,(H,14,15). The van der Waals surface area contributed by atoms with E-state index in [1.165, 1.54) is 0 Å². The summed E-state index contributed by atoms with van der Waals surface area (Å²) in [4.78, 5) is 12.6. The lowest BCUT2D eigenvalue weighted by molar-refractivity contribution is -0.165. The van der Waals surface area contributed by atoms with Gasteiger partial charge in [0.1, 0.15) is 6.61 Å². The molecule has 1 aliphatic heterocycles. The van der Waals surface area contributed by atoms with Crippen molar-refractivity contribution >= 4 is 5.97 Å². The quantitative estimate of drug-likeness (QED) is 0.567. The molecule has 0 spiro atoms. The minimum Gasteiger partial charge on any atom is -0.480 e. The third-order valence-electron chi connectivity index (χ3n) is 2.85. The van der Waals surface area contributed by atoms with Crippen LogP contribution in [0.3, 0.4) is 0 Å². The number of hydrogen-bond donors (Lipinski definition) is 1. The minimum absolute atomic E-state index is 0.224. The van der Waals surface area contributed by atoms with E-state index in [2.05, 4.69) is 4.90 Å². The van der Waals surface area contributed by atoms with Gasteiger partial charge in [0.25, 0.3) is 0 Å². The highest BCUT2D eigenvalue weighted by atomic mass is 16.5. The number of carbonyl (C=O) groups is 1. The summed E-state index contributed by atoms with van der Waals surface area (Å²) in [5.74, 6) is -0.920.